The third-order valence-corrected chi connectivity index (χ3v) is 11.0. The van der Waals surface area contributed by atoms with Gasteiger partial charge in [-0.15, -0.1) is 0 Å². The lowest BCUT2D eigenvalue weighted by Gasteiger charge is -2.43. The number of pyridine rings is 1. The summed E-state index contributed by atoms with van der Waals surface area (Å²) in [6.45, 7) is 1.46. The number of nitrogens with zero attached hydrogens (tertiary/aromatic N) is 3. The second-order valence-electron chi connectivity index (χ2n) is 9.09. The lowest BCUT2D eigenvalue weighted by Crippen LogP contribution is -2.52. The summed E-state index contributed by atoms with van der Waals surface area (Å²) in [5, 5.41) is -0.227. The molecule has 1 saturated heterocycles. The maximum Gasteiger partial charge on any atom is 0.246 e. The van der Waals surface area contributed by atoms with Crippen LogP contribution in [0.15, 0.2) is 47.6 Å². The van der Waals surface area contributed by atoms with Crippen LogP contribution in [0.2, 0.25) is 0 Å². The maximum absolute atomic E-state index is 13.4. The Hall–Kier alpha value is -2.01. The third kappa shape index (κ3) is 3.83. The standard InChI is InChI=1S/C22H27N3O5S2/c1-24-15-22(8-12-25(13-9-22)31(26,27)19-3-4-19)16-30-20-5-2-18(14-21(20)32(24,28)29)17-6-10-23-11-7-17/h2,5-7,10-11,14,19H,3-4,8-9,12-13,15-16H2,1H3. The second-order valence-corrected chi connectivity index (χ2v) is 13.3. The SMILES string of the molecule is CN1CC2(CCN(S(=O)(=O)C3CC3)CC2)COc2ccc(-c3ccncc3)cc2S1(=O)=O. The van der Waals surface area contributed by atoms with E-state index in [0.717, 1.165) is 24.0 Å². The predicted octanol–water partition coefficient (Wildman–Crippen LogP) is 2.34. The molecule has 1 aliphatic carbocycles. The van der Waals surface area contributed by atoms with Crippen molar-refractivity contribution in [3.63, 3.8) is 0 Å². The molecule has 1 spiro atoms. The summed E-state index contributed by atoms with van der Waals surface area (Å²) in [6.07, 6.45) is 5.97. The van der Waals surface area contributed by atoms with E-state index in [2.05, 4.69) is 4.98 Å². The van der Waals surface area contributed by atoms with E-state index in [0.29, 0.717) is 44.8 Å². The Labute approximate surface area is 189 Å². The molecule has 5 rings (SSSR count). The van der Waals surface area contributed by atoms with E-state index < -0.39 is 25.5 Å². The highest BCUT2D eigenvalue weighted by Gasteiger charge is 2.46. The van der Waals surface area contributed by atoms with Gasteiger partial charge in [0.05, 0.1) is 11.9 Å². The molecule has 2 aliphatic heterocycles. The molecule has 0 atom stereocenters. The molecule has 1 aromatic carbocycles. The molecule has 3 aliphatic rings. The molecule has 0 radical (unpaired) electrons. The number of hydrogen-bond acceptors (Lipinski definition) is 6. The summed E-state index contributed by atoms with van der Waals surface area (Å²) in [7, 11) is -5.40. The Balaban J connectivity index is 1.42. The summed E-state index contributed by atoms with van der Waals surface area (Å²) < 4.78 is 61.2. The predicted molar refractivity (Wildman–Crippen MR) is 120 cm³/mol. The molecule has 32 heavy (non-hydrogen) atoms. The first-order valence-corrected chi connectivity index (χ1v) is 13.8. The van der Waals surface area contributed by atoms with Crippen molar-refractivity contribution in [2.45, 2.75) is 35.8 Å². The van der Waals surface area contributed by atoms with Crippen molar-refractivity contribution in [3.05, 3.63) is 42.7 Å². The van der Waals surface area contributed by atoms with Crippen LogP contribution < -0.4 is 4.74 Å². The molecule has 10 heteroatoms. The molecule has 3 heterocycles. The van der Waals surface area contributed by atoms with Crippen molar-refractivity contribution >= 4 is 20.0 Å². The highest BCUT2D eigenvalue weighted by molar-refractivity contribution is 7.90. The molecule has 0 N–H and O–H groups in total. The van der Waals surface area contributed by atoms with Crippen molar-refractivity contribution in [2.24, 2.45) is 5.41 Å². The van der Waals surface area contributed by atoms with E-state index >= 15 is 0 Å². The highest BCUT2D eigenvalue weighted by Crippen LogP contribution is 2.41. The molecule has 0 bridgehead atoms. The highest BCUT2D eigenvalue weighted by atomic mass is 32.2. The van der Waals surface area contributed by atoms with Crippen molar-refractivity contribution in [2.75, 3.05) is 33.3 Å². The number of piperidine rings is 1. The van der Waals surface area contributed by atoms with Crippen molar-refractivity contribution < 1.29 is 21.6 Å². The van der Waals surface area contributed by atoms with Crippen LogP contribution in [0.5, 0.6) is 5.75 Å². The number of fused-ring (bicyclic) bond motifs is 1. The molecule has 0 amide bonds. The van der Waals surface area contributed by atoms with Gasteiger partial charge in [-0.25, -0.2) is 25.4 Å². The maximum atomic E-state index is 13.4. The van der Waals surface area contributed by atoms with Crippen molar-refractivity contribution in [3.8, 4) is 16.9 Å². The Morgan fingerprint density at radius 1 is 1.06 bits per heavy atom. The van der Waals surface area contributed by atoms with Crippen LogP contribution in [0, 0.1) is 5.41 Å². The smallest absolute Gasteiger partial charge is 0.246 e. The minimum atomic E-state index is -3.77. The minimum Gasteiger partial charge on any atom is -0.492 e. The molecule has 8 nitrogen and oxygen atoms in total. The summed E-state index contributed by atoms with van der Waals surface area (Å²) in [4.78, 5) is 4.17. The fourth-order valence-corrected chi connectivity index (χ4v) is 7.93. The fourth-order valence-electron chi connectivity index (χ4n) is 4.65. The lowest BCUT2D eigenvalue weighted by atomic mass is 9.79. The van der Waals surface area contributed by atoms with Gasteiger partial charge >= 0.3 is 0 Å². The molecule has 0 unspecified atom stereocenters. The van der Waals surface area contributed by atoms with E-state index in [4.69, 9.17) is 4.74 Å². The summed E-state index contributed by atoms with van der Waals surface area (Å²) >= 11 is 0. The third-order valence-electron chi connectivity index (χ3n) is 6.83. The van der Waals surface area contributed by atoms with Gasteiger partial charge in [-0.05, 0) is 61.1 Å². The van der Waals surface area contributed by atoms with E-state index in [1.54, 1.807) is 35.9 Å². The molecular weight excluding hydrogens is 450 g/mol. The number of sulfonamides is 2. The Morgan fingerprint density at radius 3 is 2.41 bits per heavy atom. The first kappa shape index (κ1) is 21.8. The first-order valence-electron chi connectivity index (χ1n) is 10.8. The number of aromatic nitrogens is 1. The molecule has 2 fully saturated rings. The van der Waals surface area contributed by atoms with Gasteiger partial charge in [0.2, 0.25) is 20.0 Å². The number of rotatable bonds is 3. The summed E-state index contributed by atoms with van der Waals surface area (Å²) in [5.74, 6) is 0.335. The van der Waals surface area contributed by atoms with Crippen LogP contribution in [0.25, 0.3) is 11.1 Å². The molecule has 1 saturated carbocycles. The lowest BCUT2D eigenvalue weighted by molar-refractivity contribution is 0.0614. The Morgan fingerprint density at radius 2 is 1.75 bits per heavy atom. The molecule has 2 aromatic rings. The largest absolute Gasteiger partial charge is 0.492 e. The first-order chi connectivity index (χ1) is 15.2. The van der Waals surface area contributed by atoms with Gasteiger partial charge in [0.15, 0.2) is 0 Å². The van der Waals surface area contributed by atoms with E-state index in [9.17, 15) is 16.8 Å². The molecule has 1 aromatic heterocycles. The minimum absolute atomic E-state index is 0.151. The zero-order valence-electron chi connectivity index (χ0n) is 18.0. The van der Waals surface area contributed by atoms with Gasteiger partial charge in [0.1, 0.15) is 10.6 Å². The van der Waals surface area contributed by atoms with Gasteiger partial charge in [0.25, 0.3) is 0 Å². The number of hydrogen-bond donors (Lipinski definition) is 0. The van der Waals surface area contributed by atoms with Crippen LogP contribution >= 0.6 is 0 Å². The zero-order chi connectivity index (χ0) is 22.6. The van der Waals surface area contributed by atoms with Crippen LogP contribution in [-0.4, -0.2) is 69.0 Å². The van der Waals surface area contributed by atoms with E-state index in [-0.39, 0.29) is 10.1 Å². The van der Waals surface area contributed by atoms with Crippen LogP contribution in [0.4, 0.5) is 0 Å². The topological polar surface area (TPSA) is 96.9 Å². The number of benzene rings is 1. The normalized spacial score (nSPS) is 23.7. The van der Waals surface area contributed by atoms with Gasteiger partial charge in [-0.2, -0.15) is 0 Å². The monoisotopic (exact) mass is 477 g/mol. The fraction of sp³-hybridized carbons (Fsp3) is 0.500. The Bertz CT molecular complexity index is 1220. The van der Waals surface area contributed by atoms with Crippen LogP contribution in [-0.2, 0) is 20.0 Å². The zero-order valence-corrected chi connectivity index (χ0v) is 19.6. The van der Waals surface area contributed by atoms with Crippen LogP contribution in [0.3, 0.4) is 0 Å². The van der Waals surface area contributed by atoms with E-state index in [1.165, 1.54) is 4.31 Å². The average molecular weight is 478 g/mol. The Kier molecular flexibility index (Phi) is 5.31. The van der Waals surface area contributed by atoms with Gasteiger partial charge < -0.3 is 4.74 Å². The number of ether oxygens (including phenoxy) is 1. The van der Waals surface area contributed by atoms with Gasteiger partial charge in [-0.1, -0.05) is 6.07 Å². The molecule has 172 valence electrons. The summed E-state index contributed by atoms with van der Waals surface area (Å²) in [6, 6.07) is 8.88. The second kappa shape index (κ2) is 7.79. The van der Waals surface area contributed by atoms with Gasteiger partial charge in [-0.3, -0.25) is 4.98 Å². The van der Waals surface area contributed by atoms with Crippen molar-refractivity contribution in [1.29, 1.82) is 0 Å². The van der Waals surface area contributed by atoms with Crippen LogP contribution in [0.1, 0.15) is 25.7 Å². The molecular formula is C22H27N3O5S2. The van der Waals surface area contributed by atoms with E-state index in [1.807, 2.05) is 18.2 Å². The van der Waals surface area contributed by atoms with Gasteiger partial charge in [0, 0.05) is 44.5 Å². The summed E-state index contributed by atoms with van der Waals surface area (Å²) in [5.41, 5.74) is 1.24. The quantitative estimate of drug-likeness (QED) is 0.673. The van der Waals surface area contributed by atoms with Crippen molar-refractivity contribution in [1.82, 2.24) is 13.6 Å². The average Bonchev–Trinajstić information content (AvgIpc) is 3.64.